The van der Waals surface area contributed by atoms with Gasteiger partial charge in [-0.2, -0.15) is 0 Å². The van der Waals surface area contributed by atoms with Gasteiger partial charge in [-0.15, -0.1) is 0 Å². The fourth-order valence-electron chi connectivity index (χ4n) is 1.58. The second-order valence-electron chi connectivity index (χ2n) is 5.80. The third-order valence-corrected chi connectivity index (χ3v) is 2.55. The molecule has 0 saturated carbocycles. The van der Waals surface area contributed by atoms with Crippen molar-refractivity contribution in [3.63, 3.8) is 0 Å². The summed E-state index contributed by atoms with van der Waals surface area (Å²) < 4.78 is 11.2. The quantitative estimate of drug-likeness (QED) is 0.796. The molecule has 1 rings (SSSR count). The topological polar surface area (TPSA) is 30.5 Å². The standard InChI is InChI=1S/C16H25NO2/c1-12(2)11-19-15-13(10-17-16(3,4)5)8-7-9-14(15)18-6/h7-9,17H,1,10-11H2,2-6H3. The van der Waals surface area contributed by atoms with Crippen molar-refractivity contribution in [2.24, 2.45) is 0 Å². The van der Waals surface area contributed by atoms with Gasteiger partial charge in [0.1, 0.15) is 6.61 Å². The molecule has 0 fully saturated rings. The Labute approximate surface area is 116 Å². The average Bonchev–Trinajstić information content (AvgIpc) is 2.32. The zero-order valence-electron chi connectivity index (χ0n) is 12.7. The van der Waals surface area contributed by atoms with Crippen molar-refractivity contribution >= 4 is 0 Å². The number of nitrogens with one attached hydrogen (secondary N) is 1. The zero-order chi connectivity index (χ0) is 14.5. The van der Waals surface area contributed by atoms with Gasteiger partial charge in [0.05, 0.1) is 7.11 Å². The predicted molar refractivity (Wildman–Crippen MR) is 79.9 cm³/mol. The van der Waals surface area contributed by atoms with Gasteiger partial charge in [-0.05, 0) is 39.3 Å². The van der Waals surface area contributed by atoms with Crippen molar-refractivity contribution in [3.8, 4) is 11.5 Å². The predicted octanol–water partition coefficient (Wildman–Crippen LogP) is 3.54. The Bertz CT molecular complexity index is 433. The molecule has 0 saturated heterocycles. The minimum atomic E-state index is 0.0642. The van der Waals surface area contributed by atoms with Crippen LogP contribution in [0.15, 0.2) is 30.4 Å². The van der Waals surface area contributed by atoms with Crippen LogP contribution in [0.25, 0.3) is 0 Å². The van der Waals surface area contributed by atoms with Crippen molar-refractivity contribution < 1.29 is 9.47 Å². The van der Waals surface area contributed by atoms with Crippen molar-refractivity contribution in [2.45, 2.75) is 39.8 Å². The molecule has 0 aliphatic heterocycles. The van der Waals surface area contributed by atoms with Crippen LogP contribution in [0.4, 0.5) is 0 Å². The fourth-order valence-corrected chi connectivity index (χ4v) is 1.58. The van der Waals surface area contributed by atoms with Gasteiger partial charge in [0.15, 0.2) is 11.5 Å². The Balaban J connectivity index is 2.91. The van der Waals surface area contributed by atoms with Crippen molar-refractivity contribution in [1.82, 2.24) is 5.32 Å². The van der Waals surface area contributed by atoms with E-state index < -0.39 is 0 Å². The fraction of sp³-hybridized carbons (Fsp3) is 0.500. The number of para-hydroxylation sites is 1. The Morgan fingerprint density at radius 3 is 2.53 bits per heavy atom. The summed E-state index contributed by atoms with van der Waals surface area (Å²) in [5, 5.41) is 3.46. The molecule has 0 heterocycles. The average molecular weight is 263 g/mol. The first kappa shape index (κ1) is 15.6. The minimum Gasteiger partial charge on any atom is -0.493 e. The van der Waals surface area contributed by atoms with Crippen LogP contribution < -0.4 is 14.8 Å². The summed E-state index contributed by atoms with van der Waals surface area (Å²) in [5.41, 5.74) is 2.14. The molecule has 3 heteroatoms. The summed E-state index contributed by atoms with van der Waals surface area (Å²) in [6.07, 6.45) is 0. The number of ether oxygens (including phenoxy) is 2. The third kappa shape index (κ3) is 5.35. The molecule has 0 aliphatic carbocycles. The largest absolute Gasteiger partial charge is 0.493 e. The molecule has 106 valence electrons. The molecule has 0 amide bonds. The maximum absolute atomic E-state index is 5.82. The zero-order valence-corrected chi connectivity index (χ0v) is 12.7. The van der Waals surface area contributed by atoms with Crippen molar-refractivity contribution in [2.75, 3.05) is 13.7 Å². The van der Waals surface area contributed by atoms with Gasteiger partial charge in [-0.25, -0.2) is 0 Å². The first-order chi connectivity index (χ1) is 8.83. The van der Waals surface area contributed by atoms with Gasteiger partial charge >= 0.3 is 0 Å². The highest BCUT2D eigenvalue weighted by Gasteiger charge is 2.14. The van der Waals surface area contributed by atoms with E-state index in [1.54, 1.807) is 7.11 Å². The van der Waals surface area contributed by atoms with Crippen LogP contribution in [-0.2, 0) is 6.54 Å². The van der Waals surface area contributed by atoms with E-state index in [9.17, 15) is 0 Å². The summed E-state index contributed by atoms with van der Waals surface area (Å²) >= 11 is 0. The summed E-state index contributed by atoms with van der Waals surface area (Å²) in [4.78, 5) is 0. The van der Waals surface area contributed by atoms with Gasteiger partial charge in [0, 0.05) is 17.6 Å². The first-order valence-corrected chi connectivity index (χ1v) is 6.51. The van der Waals surface area contributed by atoms with Crippen LogP contribution in [0, 0.1) is 0 Å². The number of rotatable bonds is 6. The van der Waals surface area contributed by atoms with E-state index in [1.807, 2.05) is 19.1 Å². The highest BCUT2D eigenvalue weighted by atomic mass is 16.5. The molecular weight excluding hydrogens is 238 g/mol. The molecule has 1 aromatic carbocycles. The van der Waals surface area contributed by atoms with Crippen molar-refractivity contribution in [1.29, 1.82) is 0 Å². The molecule has 0 atom stereocenters. The Morgan fingerprint density at radius 2 is 2.00 bits per heavy atom. The monoisotopic (exact) mass is 263 g/mol. The van der Waals surface area contributed by atoms with Crippen LogP contribution in [0.1, 0.15) is 33.3 Å². The first-order valence-electron chi connectivity index (χ1n) is 6.51. The Hall–Kier alpha value is -1.48. The molecule has 19 heavy (non-hydrogen) atoms. The number of hydrogen-bond donors (Lipinski definition) is 1. The van der Waals surface area contributed by atoms with Gasteiger partial charge in [0.2, 0.25) is 0 Å². The van der Waals surface area contributed by atoms with E-state index in [-0.39, 0.29) is 5.54 Å². The second-order valence-corrected chi connectivity index (χ2v) is 5.80. The van der Waals surface area contributed by atoms with E-state index in [2.05, 4.69) is 38.7 Å². The maximum atomic E-state index is 5.82. The van der Waals surface area contributed by atoms with Crippen LogP contribution in [-0.4, -0.2) is 19.3 Å². The van der Waals surface area contributed by atoms with E-state index in [1.165, 1.54) is 0 Å². The number of methoxy groups -OCH3 is 1. The number of hydrogen-bond acceptors (Lipinski definition) is 3. The lowest BCUT2D eigenvalue weighted by atomic mass is 10.1. The lowest BCUT2D eigenvalue weighted by molar-refractivity contribution is 0.313. The lowest BCUT2D eigenvalue weighted by Gasteiger charge is -2.22. The van der Waals surface area contributed by atoms with Gasteiger partial charge < -0.3 is 14.8 Å². The Kier molecular flexibility index (Phi) is 5.43. The van der Waals surface area contributed by atoms with Crippen LogP contribution in [0.3, 0.4) is 0 Å². The number of benzene rings is 1. The summed E-state index contributed by atoms with van der Waals surface area (Å²) in [7, 11) is 1.66. The molecule has 3 nitrogen and oxygen atoms in total. The SMILES string of the molecule is C=C(C)COc1c(CNC(C)(C)C)cccc1OC. The Morgan fingerprint density at radius 1 is 1.32 bits per heavy atom. The molecule has 0 bridgehead atoms. The maximum Gasteiger partial charge on any atom is 0.166 e. The molecule has 0 aromatic heterocycles. The highest BCUT2D eigenvalue weighted by molar-refractivity contribution is 5.46. The van der Waals surface area contributed by atoms with E-state index in [0.29, 0.717) is 6.61 Å². The van der Waals surface area contributed by atoms with Crippen LogP contribution >= 0.6 is 0 Å². The molecule has 0 unspecified atom stereocenters. The minimum absolute atomic E-state index is 0.0642. The molecule has 0 radical (unpaired) electrons. The lowest BCUT2D eigenvalue weighted by Crippen LogP contribution is -2.35. The van der Waals surface area contributed by atoms with Gasteiger partial charge in [-0.1, -0.05) is 18.7 Å². The molecule has 1 N–H and O–H groups in total. The molecular formula is C16H25NO2. The molecule has 0 aliphatic rings. The molecule has 0 spiro atoms. The third-order valence-electron chi connectivity index (χ3n) is 2.55. The van der Waals surface area contributed by atoms with E-state index in [4.69, 9.17) is 9.47 Å². The normalized spacial score (nSPS) is 11.2. The highest BCUT2D eigenvalue weighted by Crippen LogP contribution is 2.31. The van der Waals surface area contributed by atoms with Crippen molar-refractivity contribution in [3.05, 3.63) is 35.9 Å². The molecule has 1 aromatic rings. The second kappa shape index (κ2) is 6.62. The summed E-state index contributed by atoms with van der Waals surface area (Å²) in [6.45, 7) is 13.5. The van der Waals surface area contributed by atoms with Crippen LogP contribution in [0.2, 0.25) is 0 Å². The van der Waals surface area contributed by atoms with Gasteiger partial charge in [-0.3, -0.25) is 0 Å². The smallest absolute Gasteiger partial charge is 0.166 e. The van der Waals surface area contributed by atoms with Gasteiger partial charge in [0.25, 0.3) is 0 Å². The van der Waals surface area contributed by atoms with E-state index >= 15 is 0 Å². The summed E-state index contributed by atoms with van der Waals surface area (Å²) in [5.74, 6) is 1.55. The van der Waals surface area contributed by atoms with E-state index in [0.717, 1.165) is 29.2 Å². The van der Waals surface area contributed by atoms with Crippen LogP contribution in [0.5, 0.6) is 11.5 Å². The summed E-state index contributed by atoms with van der Waals surface area (Å²) in [6, 6.07) is 5.94.